The minimum Gasteiger partial charge on any atom is -0.335 e. The molecule has 0 spiro atoms. The van der Waals surface area contributed by atoms with Gasteiger partial charge >= 0.3 is 0 Å². The summed E-state index contributed by atoms with van der Waals surface area (Å²) in [6, 6.07) is 10.8. The Bertz CT molecular complexity index is 762. The third kappa shape index (κ3) is 3.60. The summed E-state index contributed by atoms with van der Waals surface area (Å²) in [6.45, 7) is 1.94. The number of piperazine rings is 1. The first-order valence-corrected chi connectivity index (χ1v) is 8.68. The molecule has 1 fully saturated rings. The highest BCUT2D eigenvalue weighted by Gasteiger charge is 2.26. The highest BCUT2D eigenvalue weighted by atomic mass is 79.9. The number of aromatic nitrogens is 1. The Balaban J connectivity index is 1.66. The second kappa shape index (κ2) is 7.32. The fraction of sp³-hybridized carbons (Fsp3) is 0.235. The van der Waals surface area contributed by atoms with Crippen LogP contribution in [0, 0.1) is 0 Å². The number of nitrogens with zero attached hydrogens (tertiary/aromatic N) is 3. The molecule has 2 amide bonds. The zero-order chi connectivity index (χ0) is 17.1. The number of halogens is 2. The molecule has 0 saturated carbocycles. The van der Waals surface area contributed by atoms with E-state index in [1.54, 1.807) is 34.2 Å². The fourth-order valence-electron chi connectivity index (χ4n) is 2.62. The van der Waals surface area contributed by atoms with Crippen LogP contribution in [0.25, 0.3) is 0 Å². The maximum Gasteiger partial charge on any atom is 0.257 e. The van der Waals surface area contributed by atoms with E-state index in [0.717, 1.165) is 0 Å². The van der Waals surface area contributed by atoms with Crippen molar-refractivity contribution in [3.63, 3.8) is 0 Å². The van der Waals surface area contributed by atoms with Gasteiger partial charge in [-0.05, 0) is 34.1 Å². The summed E-state index contributed by atoms with van der Waals surface area (Å²) >= 11 is 9.32. The fourth-order valence-corrected chi connectivity index (χ4v) is 3.13. The minimum atomic E-state index is -0.166. The molecular weight excluding hydrogens is 394 g/mol. The van der Waals surface area contributed by atoms with E-state index in [-0.39, 0.29) is 17.0 Å². The average molecular weight is 409 g/mol. The molecule has 1 aliphatic rings. The molecule has 0 unspecified atom stereocenters. The van der Waals surface area contributed by atoms with Gasteiger partial charge in [0.25, 0.3) is 11.8 Å². The van der Waals surface area contributed by atoms with E-state index in [4.69, 9.17) is 11.6 Å². The van der Waals surface area contributed by atoms with Crippen LogP contribution in [0.5, 0.6) is 0 Å². The average Bonchev–Trinajstić information content (AvgIpc) is 2.63. The number of benzene rings is 1. The zero-order valence-electron chi connectivity index (χ0n) is 12.8. The Morgan fingerprint density at radius 1 is 1.00 bits per heavy atom. The van der Waals surface area contributed by atoms with Gasteiger partial charge < -0.3 is 9.80 Å². The monoisotopic (exact) mass is 407 g/mol. The zero-order valence-corrected chi connectivity index (χ0v) is 15.1. The van der Waals surface area contributed by atoms with Crippen LogP contribution in [-0.4, -0.2) is 52.8 Å². The second-order valence-corrected chi connectivity index (χ2v) is 6.72. The van der Waals surface area contributed by atoms with E-state index in [9.17, 15) is 9.59 Å². The van der Waals surface area contributed by atoms with Crippen molar-refractivity contribution in [2.24, 2.45) is 0 Å². The molecule has 1 saturated heterocycles. The maximum atomic E-state index is 12.6. The number of carbonyl (C=O) groups excluding carboxylic acids is 2. The lowest BCUT2D eigenvalue weighted by Crippen LogP contribution is -2.50. The molecule has 5 nitrogen and oxygen atoms in total. The first-order valence-electron chi connectivity index (χ1n) is 7.51. The maximum absolute atomic E-state index is 12.6. The number of hydrogen-bond acceptors (Lipinski definition) is 3. The van der Waals surface area contributed by atoms with Gasteiger partial charge in [-0.15, -0.1) is 0 Å². The molecule has 3 rings (SSSR count). The van der Waals surface area contributed by atoms with Crippen LogP contribution in [0.4, 0.5) is 0 Å². The SMILES string of the molecule is O=C(c1ccccc1)N1CCN(C(=O)c2cc(Br)cnc2Cl)CC1. The second-order valence-electron chi connectivity index (χ2n) is 5.44. The molecule has 0 atom stereocenters. The van der Waals surface area contributed by atoms with Gasteiger partial charge in [-0.25, -0.2) is 4.98 Å². The Labute approximate surface area is 153 Å². The van der Waals surface area contributed by atoms with Gasteiger partial charge in [-0.2, -0.15) is 0 Å². The summed E-state index contributed by atoms with van der Waals surface area (Å²) in [5, 5.41) is 0.186. The summed E-state index contributed by atoms with van der Waals surface area (Å²) < 4.78 is 0.702. The number of amides is 2. The van der Waals surface area contributed by atoms with Crippen molar-refractivity contribution in [3.8, 4) is 0 Å². The van der Waals surface area contributed by atoms with Crippen molar-refractivity contribution in [2.75, 3.05) is 26.2 Å². The molecule has 124 valence electrons. The molecule has 2 heterocycles. The van der Waals surface area contributed by atoms with E-state index in [1.807, 2.05) is 18.2 Å². The van der Waals surface area contributed by atoms with E-state index in [0.29, 0.717) is 41.8 Å². The highest BCUT2D eigenvalue weighted by molar-refractivity contribution is 9.10. The van der Waals surface area contributed by atoms with Crippen molar-refractivity contribution in [1.82, 2.24) is 14.8 Å². The van der Waals surface area contributed by atoms with Gasteiger partial charge in [0.05, 0.1) is 5.56 Å². The molecule has 0 bridgehead atoms. The summed E-state index contributed by atoms with van der Waals surface area (Å²) in [5.41, 5.74) is 1.03. The van der Waals surface area contributed by atoms with Gasteiger partial charge in [0, 0.05) is 42.4 Å². The van der Waals surface area contributed by atoms with Crippen LogP contribution in [-0.2, 0) is 0 Å². The normalized spacial score (nSPS) is 14.6. The van der Waals surface area contributed by atoms with Crippen LogP contribution < -0.4 is 0 Å². The van der Waals surface area contributed by atoms with Gasteiger partial charge in [0.2, 0.25) is 0 Å². The lowest BCUT2D eigenvalue weighted by atomic mass is 10.1. The largest absolute Gasteiger partial charge is 0.335 e. The topological polar surface area (TPSA) is 53.5 Å². The quantitative estimate of drug-likeness (QED) is 0.718. The molecule has 1 aromatic heterocycles. The van der Waals surface area contributed by atoms with E-state index >= 15 is 0 Å². The van der Waals surface area contributed by atoms with Crippen LogP contribution in [0.2, 0.25) is 5.15 Å². The van der Waals surface area contributed by atoms with Crippen molar-refractivity contribution in [2.45, 2.75) is 0 Å². The number of carbonyl (C=O) groups is 2. The number of pyridine rings is 1. The molecule has 7 heteroatoms. The number of rotatable bonds is 2. The van der Waals surface area contributed by atoms with Crippen LogP contribution in [0.3, 0.4) is 0 Å². The van der Waals surface area contributed by atoms with Gasteiger partial charge in [-0.3, -0.25) is 9.59 Å². The van der Waals surface area contributed by atoms with Crippen molar-refractivity contribution in [3.05, 3.63) is 63.3 Å². The highest BCUT2D eigenvalue weighted by Crippen LogP contribution is 2.20. The van der Waals surface area contributed by atoms with Crippen LogP contribution in [0.15, 0.2) is 47.1 Å². The Morgan fingerprint density at radius 2 is 1.58 bits per heavy atom. The molecule has 0 aliphatic carbocycles. The lowest BCUT2D eigenvalue weighted by Gasteiger charge is -2.35. The molecule has 1 aromatic carbocycles. The first-order chi connectivity index (χ1) is 11.6. The summed E-state index contributed by atoms with van der Waals surface area (Å²) in [4.78, 5) is 32.5. The molecular formula is C17H15BrClN3O2. The Hall–Kier alpha value is -1.92. The van der Waals surface area contributed by atoms with E-state index < -0.39 is 0 Å². The third-order valence-corrected chi connectivity index (χ3v) is 4.65. The predicted octanol–water partition coefficient (Wildman–Crippen LogP) is 3.10. The summed E-state index contributed by atoms with van der Waals surface area (Å²) in [5.74, 6) is -0.175. The summed E-state index contributed by atoms with van der Waals surface area (Å²) in [7, 11) is 0. The van der Waals surface area contributed by atoms with Crippen LogP contribution in [0.1, 0.15) is 20.7 Å². The van der Waals surface area contributed by atoms with Crippen LogP contribution >= 0.6 is 27.5 Å². The Kier molecular flexibility index (Phi) is 5.16. The van der Waals surface area contributed by atoms with Gasteiger partial charge in [-0.1, -0.05) is 29.8 Å². The summed E-state index contributed by atoms with van der Waals surface area (Å²) in [6.07, 6.45) is 1.55. The van der Waals surface area contributed by atoms with Gasteiger partial charge in [0.1, 0.15) is 5.15 Å². The lowest BCUT2D eigenvalue weighted by molar-refractivity contribution is 0.0535. The first kappa shape index (κ1) is 16.9. The Morgan fingerprint density at radius 3 is 2.21 bits per heavy atom. The molecule has 0 radical (unpaired) electrons. The predicted molar refractivity (Wildman–Crippen MR) is 95.2 cm³/mol. The smallest absolute Gasteiger partial charge is 0.257 e. The molecule has 0 N–H and O–H groups in total. The molecule has 1 aliphatic heterocycles. The molecule has 2 aromatic rings. The standard InChI is InChI=1S/C17H15BrClN3O2/c18-13-10-14(15(19)20-11-13)17(24)22-8-6-21(7-9-22)16(23)12-4-2-1-3-5-12/h1-5,10-11H,6-9H2. The molecule has 24 heavy (non-hydrogen) atoms. The minimum absolute atomic E-state index is 0.00939. The van der Waals surface area contributed by atoms with E-state index in [2.05, 4.69) is 20.9 Å². The number of hydrogen-bond donors (Lipinski definition) is 0. The van der Waals surface area contributed by atoms with Crippen molar-refractivity contribution in [1.29, 1.82) is 0 Å². The third-order valence-electron chi connectivity index (χ3n) is 3.91. The van der Waals surface area contributed by atoms with Gasteiger partial charge in [0.15, 0.2) is 0 Å². The van der Waals surface area contributed by atoms with Crippen molar-refractivity contribution >= 4 is 39.3 Å². The van der Waals surface area contributed by atoms with Crippen molar-refractivity contribution < 1.29 is 9.59 Å². The van der Waals surface area contributed by atoms with E-state index in [1.165, 1.54) is 0 Å².